The van der Waals surface area contributed by atoms with Gasteiger partial charge in [-0.25, -0.2) is 18.4 Å². The number of nitrogens with one attached hydrogen (secondary N) is 1. The highest BCUT2D eigenvalue weighted by molar-refractivity contribution is 5.96. The Bertz CT molecular complexity index is 1440. The van der Waals surface area contributed by atoms with Crippen molar-refractivity contribution in [1.82, 2.24) is 24.9 Å². The number of carboxylic acids is 1. The molecule has 244 valence electrons. The number of piperazine rings is 1. The van der Waals surface area contributed by atoms with Gasteiger partial charge in [-0.1, -0.05) is 0 Å². The van der Waals surface area contributed by atoms with Crippen LogP contribution in [0.3, 0.4) is 0 Å². The largest absolute Gasteiger partial charge is 0.481 e. The van der Waals surface area contributed by atoms with Gasteiger partial charge in [-0.15, -0.1) is 0 Å². The van der Waals surface area contributed by atoms with Crippen LogP contribution in [-0.4, -0.2) is 106 Å². The minimum absolute atomic E-state index is 0.0824. The van der Waals surface area contributed by atoms with Gasteiger partial charge in [-0.3, -0.25) is 14.4 Å². The van der Waals surface area contributed by atoms with E-state index in [0.29, 0.717) is 6.42 Å². The molecule has 45 heavy (non-hydrogen) atoms. The number of carbonyl (C=O) groups is 5. The van der Waals surface area contributed by atoms with Crippen molar-refractivity contribution >= 4 is 29.8 Å². The van der Waals surface area contributed by atoms with E-state index in [9.17, 15) is 37.9 Å². The Morgan fingerprint density at radius 1 is 1.00 bits per heavy atom. The first-order valence-corrected chi connectivity index (χ1v) is 14.6. The summed E-state index contributed by atoms with van der Waals surface area (Å²) in [4.78, 5) is 65.8. The predicted octanol–water partition coefficient (Wildman–Crippen LogP) is 2.28. The van der Waals surface area contributed by atoms with Crippen molar-refractivity contribution in [3.63, 3.8) is 0 Å². The fourth-order valence-electron chi connectivity index (χ4n) is 4.98. The van der Waals surface area contributed by atoms with Crippen molar-refractivity contribution in [2.45, 2.75) is 57.6 Å². The molecule has 1 aliphatic carbocycles. The fraction of sp³-hybridized carbons (Fsp3) is 0.517. The molecule has 0 bridgehead atoms. The number of esters is 1. The van der Waals surface area contributed by atoms with E-state index >= 15 is 0 Å². The summed E-state index contributed by atoms with van der Waals surface area (Å²) >= 11 is 0. The van der Waals surface area contributed by atoms with E-state index < -0.39 is 65.2 Å². The highest BCUT2D eigenvalue weighted by atomic mass is 19.1. The molecular weight excluding hydrogens is 600 g/mol. The molecule has 1 aliphatic heterocycles. The molecule has 2 aliphatic rings. The summed E-state index contributed by atoms with van der Waals surface area (Å²) in [6.45, 7) is 4.18. The van der Waals surface area contributed by atoms with Gasteiger partial charge in [0.2, 0.25) is 17.4 Å². The van der Waals surface area contributed by atoms with Crippen molar-refractivity contribution in [2.24, 2.45) is 0 Å². The number of ether oxygens (including phenoxy) is 3. The first-order chi connectivity index (χ1) is 21.5. The van der Waals surface area contributed by atoms with E-state index in [2.05, 4.69) is 10.4 Å². The van der Waals surface area contributed by atoms with E-state index in [1.54, 1.807) is 13.8 Å². The van der Waals surface area contributed by atoms with Crippen molar-refractivity contribution in [1.29, 1.82) is 0 Å². The Morgan fingerprint density at radius 2 is 1.67 bits per heavy atom. The minimum atomic E-state index is -1.42. The molecule has 1 aromatic heterocycles. The van der Waals surface area contributed by atoms with Gasteiger partial charge in [0, 0.05) is 44.7 Å². The topological polar surface area (TPSA) is 170 Å². The zero-order valence-electron chi connectivity index (χ0n) is 24.9. The lowest BCUT2D eigenvalue weighted by atomic mass is 9.80. The number of amides is 3. The third kappa shape index (κ3) is 7.67. The molecule has 1 atom stereocenters. The summed E-state index contributed by atoms with van der Waals surface area (Å²) in [6, 6.07) is 2.43. The maximum atomic E-state index is 14.9. The molecule has 0 radical (unpaired) electrons. The van der Waals surface area contributed by atoms with Crippen molar-refractivity contribution in [2.75, 3.05) is 39.4 Å². The van der Waals surface area contributed by atoms with Gasteiger partial charge >= 0.3 is 18.0 Å². The van der Waals surface area contributed by atoms with Crippen molar-refractivity contribution in [3.8, 4) is 11.6 Å². The maximum absolute atomic E-state index is 14.9. The van der Waals surface area contributed by atoms with Crippen LogP contribution in [0.2, 0.25) is 0 Å². The molecule has 1 saturated heterocycles. The predicted molar refractivity (Wildman–Crippen MR) is 151 cm³/mol. The average molecular weight is 636 g/mol. The molecule has 1 saturated carbocycles. The smallest absolute Gasteiger partial charge is 0.409 e. The van der Waals surface area contributed by atoms with Gasteiger partial charge < -0.3 is 34.4 Å². The number of carboxylic acid groups (broad SMARTS) is 1. The first-order valence-electron chi connectivity index (χ1n) is 14.6. The molecule has 2 fully saturated rings. The van der Waals surface area contributed by atoms with Crippen LogP contribution in [0, 0.1) is 11.6 Å². The molecule has 0 spiro atoms. The number of carbonyl (C=O) groups excluding carboxylic acids is 4. The molecule has 1 aromatic carbocycles. The van der Waals surface area contributed by atoms with Crippen molar-refractivity contribution < 1.29 is 52.1 Å². The number of benzene rings is 1. The SMILES string of the molecule is CCOC(=O)N1CCN(C(=O)[C@H](CCC(=O)O)NC(=O)c2cc(OC3(C(=O)OCC)CCC3)n(-c3cc(F)ccc3F)n2)CC1. The van der Waals surface area contributed by atoms with Gasteiger partial charge in [0.05, 0.1) is 13.2 Å². The normalized spacial score (nSPS) is 16.3. The molecule has 4 rings (SSSR count). The Labute approximate surface area is 257 Å². The second-order valence-corrected chi connectivity index (χ2v) is 10.5. The highest BCUT2D eigenvalue weighted by Crippen LogP contribution is 2.39. The molecule has 0 unspecified atom stereocenters. The lowest BCUT2D eigenvalue weighted by Gasteiger charge is -2.38. The van der Waals surface area contributed by atoms with Crippen LogP contribution >= 0.6 is 0 Å². The van der Waals surface area contributed by atoms with E-state index in [1.165, 1.54) is 9.80 Å². The maximum Gasteiger partial charge on any atom is 0.409 e. The standard InChI is InChI=1S/C29H35F2N5O9/c1-3-43-27(41)29(10-5-11-29)45-23-17-21(33-36(23)22-16-18(30)6-7-19(22)31)25(39)32-20(8-9-24(37)38)26(40)34-12-14-35(15-13-34)28(42)44-4-2/h6-7,16-17,20H,3-5,8-15H2,1-2H3,(H,32,39)(H,37,38)/t20-/m0/s1. The molecule has 2 N–H and O–H groups in total. The quantitative estimate of drug-likeness (QED) is 0.330. The van der Waals surface area contributed by atoms with E-state index in [-0.39, 0.29) is 70.2 Å². The Morgan fingerprint density at radius 3 is 2.27 bits per heavy atom. The van der Waals surface area contributed by atoms with E-state index in [1.807, 2.05) is 0 Å². The highest BCUT2D eigenvalue weighted by Gasteiger charge is 2.49. The number of hydrogen-bond acceptors (Lipinski definition) is 9. The Balaban J connectivity index is 1.59. The van der Waals surface area contributed by atoms with Crippen LogP contribution in [0.4, 0.5) is 13.6 Å². The van der Waals surface area contributed by atoms with Crippen LogP contribution < -0.4 is 10.1 Å². The first kappa shape index (κ1) is 33.1. The van der Waals surface area contributed by atoms with Crippen LogP contribution in [0.5, 0.6) is 5.88 Å². The lowest BCUT2D eigenvalue weighted by Crippen LogP contribution is -2.56. The van der Waals surface area contributed by atoms with Gasteiger partial charge in [-0.05, 0) is 51.7 Å². The molecular formula is C29H35F2N5O9. The van der Waals surface area contributed by atoms with E-state index in [4.69, 9.17) is 14.2 Å². The van der Waals surface area contributed by atoms with Gasteiger partial charge in [0.25, 0.3) is 5.91 Å². The third-order valence-electron chi connectivity index (χ3n) is 7.52. The summed E-state index contributed by atoms with van der Waals surface area (Å²) in [5.41, 5.74) is -2.19. The number of halogens is 2. The second-order valence-electron chi connectivity index (χ2n) is 10.5. The number of nitrogens with zero attached hydrogens (tertiary/aromatic N) is 4. The summed E-state index contributed by atoms with van der Waals surface area (Å²) in [5.74, 6) is -5.30. The van der Waals surface area contributed by atoms with Crippen LogP contribution in [0.25, 0.3) is 5.69 Å². The van der Waals surface area contributed by atoms with Gasteiger partial charge in [0.15, 0.2) is 5.69 Å². The minimum Gasteiger partial charge on any atom is -0.481 e. The van der Waals surface area contributed by atoms with E-state index in [0.717, 1.165) is 28.9 Å². The van der Waals surface area contributed by atoms with Crippen LogP contribution in [0.1, 0.15) is 56.4 Å². The molecule has 2 heterocycles. The molecule has 14 nitrogen and oxygen atoms in total. The Hall–Kier alpha value is -4.76. The molecule has 3 amide bonds. The zero-order chi connectivity index (χ0) is 32.7. The number of rotatable bonds is 12. The fourth-order valence-corrected chi connectivity index (χ4v) is 4.98. The summed E-state index contributed by atoms with van der Waals surface area (Å²) in [5, 5.41) is 15.9. The van der Waals surface area contributed by atoms with Gasteiger partial charge in [0.1, 0.15) is 23.4 Å². The second kappa shape index (κ2) is 14.3. The van der Waals surface area contributed by atoms with Crippen LogP contribution in [-0.2, 0) is 23.9 Å². The lowest BCUT2D eigenvalue weighted by molar-refractivity contribution is -0.170. The summed E-state index contributed by atoms with van der Waals surface area (Å²) in [7, 11) is 0. The van der Waals surface area contributed by atoms with Gasteiger partial charge in [-0.2, -0.15) is 9.78 Å². The third-order valence-corrected chi connectivity index (χ3v) is 7.52. The zero-order valence-corrected chi connectivity index (χ0v) is 24.9. The number of aliphatic carboxylic acids is 1. The van der Waals surface area contributed by atoms with Crippen molar-refractivity contribution in [3.05, 3.63) is 41.6 Å². The number of hydrogen-bond donors (Lipinski definition) is 2. The Kier molecular flexibility index (Phi) is 10.6. The molecule has 2 aromatic rings. The summed E-state index contributed by atoms with van der Waals surface area (Å²) < 4.78 is 46.0. The average Bonchev–Trinajstić information content (AvgIpc) is 3.41. The number of aromatic nitrogens is 2. The summed E-state index contributed by atoms with van der Waals surface area (Å²) in [6.07, 6.45) is -0.0319. The monoisotopic (exact) mass is 635 g/mol. The molecule has 16 heteroatoms. The van der Waals surface area contributed by atoms with Crippen LogP contribution in [0.15, 0.2) is 24.3 Å².